The number of hydrogen-bond acceptors (Lipinski definition) is 11. The lowest BCUT2D eigenvalue weighted by Crippen LogP contribution is -2.28. The Kier molecular flexibility index (Phi) is 12.8. The number of benzene rings is 3. The first-order valence-electron chi connectivity index (χ1n) is 15.1. The highest BCUT2D eigenvalue weighted by atomic mass is 32.1. The van der Waals surface area contributed by atoms with Gasteiger partial charge in [-0.25, -0.2) is 23.6 Å². The van der Waals surface area contributed by atoms with Gasteiger partial charge in [-0.15, -0.1) is 0 Å². The molecule has 3 aromatic carbocycles. The highest BCUT2D eigenvalue weighted by Gasteiger charge is 2.22. The number of anilines is 5. The fourth-order valence-corrected chi connectivity index (χ4v) is 5.28. The molecule has 0 radical (unpaired) electrons. The van der Waals surface area contributed by atoms with Crippen molar-refractivity contribution >= 4 is 61.9 Å². The summed E-state index contributed by atoms with van der Waals surface area (Å²) in [5, 5.41) is 24.9. The molecule has 14 nitrogen and oxygen atoms in total. The highest BCUT2D eigenvalue weighted by molar-refractivity contribution is 7.19. The van der Waals surface area contributed by atoms with Crippen molar-refractivity contribution in [1.82, 2.24) is 15.8 Å². The fourth-order valence-electron chi connectivity index (χ4n) is 4.50. The van der Waals surface area contributed by atoms with Gasteiger partial charge in [0.15, 0.2) is 16.8 Å². The van der Waals surface area contributed by atoms with Crippen molar-refractivity contribution in [3.8, 4) is 0 Å². The molecule has 0 spiro atoms. The Hall–Kier alpha value is -5.59. The number of aromatic nitrogens is 1. The van der Waals surface area contributed by atoms with Crippen LogP contribution in [0, 0.1) is 41.4 Å². The zero-order chi connectivity index (χ0) is 36.4. The van der Waals surface area contributed by atoms with E-state index in [-0.39, 0.29) is 44.9 Å². The summed E-state index contributed by atoms with van der Waals surface area (Å²) in [6.45, 7) is 5.96. The summed E-state index contributed by atoms with van der Waals surface area (Å²) in [4.78, 5) is 57.1. The number of nitrogens with zero attached hydrogens (tertiary/aromatic N) is 2. The maximum absolute atomic E-state index is 14.6. The lowest BCUT2D eigenvalue weighted by molar-refractivity contribution is -0.380. The zero-order valence-corrected chi connectivity index (χ0v) is 27.9. The van der Waals surface area contributed by atoms with E-state index in [4.69, 9.17) is 4.84 Å². The molecule has 4 rings (SSSR count). The van der Waals surface area contributed by atoms with Gasteiger partial charge >= 0.3 is 5.00 Å². The molecule has 0 unspecified atom stereocenters. The van der Waals surface area contributed by atoms with Crippen molar-refractivity contribution in [1.29, 1.82) is 0 Å². The number of carbonyl (C=O) groups is 3. The second-order valence-corrected chi connectivity index (χ2v) is 11.7. The molecule has 4 aromatic rings. The highest BCUT2D eigenvalue weighted by Crippen LogP contribution is 2.31. The zero-order valence-electron chi connectivity index (χ0n) is 27.0. The molecule has 0 aliphatic carbocycles. The first kappa shape index (κ1) is 37.2. The Morgan fingerprint density at radius 2 is 1.66 bits per heavy atom. The molecule has 6 N–H and O–H groups in total. The van der Waals surface area contributed by atoms with Crippen LogP contribution in [0.2, 0.25) is 0 Å². The first-order chi connectivity index (χ1) is 23.8. The van der Waals surface area contributed by atoms with Crippen molar-refractivity contribution in [2.75, 3.05) is 47.5 Å². The normalized spacial score (nSPS) is 10.8. The second-order valence-electron chi connectivity index (χ2n) is 10.8. The summed E-state index contributed by atoms with van der Waals surface area (Å²) < 4.78 is 42.9. The number of amides is 3. The van der Waals surface area contributed by atoms with Crippen LogP contribution in [0.25, 0.3) is 0 Å². The number of thiazole rings is 1. The summed E-state index contributed by atoms with van der Waals surface area (Å²) >= 11 is 0.726. The van der Waals surface area contributed by atoms with Gasteiger partial charge in [-0.3, -0.25) is 34.7 Å². The van der Waals surface area contributed by atoms with E-state index in [1.807, 2.05) is 0 Å². The van der Waals surface area contributed by atoms with Crippen molar-refractivity contribution in [3.63, 3.8) is 0 Å². The number of nitrogens with one attached hydrogen (secondary N) is 6. The van der Waals surface area contributed by atoms with Crippen LogP contribution in [0.3, 0.4) is 0 Å². The van der Waals surface area contributed by atoms with Gasteiger partial charge in [0.05, 0.1) is 39.7 Å². The maximum atomic E-state index is 14.6. The number of carbonyl (C=O) groups excluding carboxylic acids is 3. The Morgan fingerprint density at radius 1 is 0.900 bits per heavy atom. The van der Waals surface area contributed by atoms with Crippen LogP contribution in [-0.4, -0.2) is 53.9 Å². The Labute approximate surface area is 287 Å². The first-order valence-corrected chi connectivity index (χ1v) is 15.9. The van der Waals surface area contributed by atoms with E-state index in [9.17, 15) is 37.7 Å². The van der Waals surface area contributed by atoms with Gasteiger partial charge < -0.3 is 21.3 Å². The quantitative estimate of drug-likeness (QED) is 0.0471. The molecule has 264 valence electrons. The lowest BCUT2D eigenvalue weighted by atomic mass is 10.1. The van der Waals surface area contributed by atoms with E-state index in [2.05, 4.69) is 37.0 Å². The lowest BCUT2D eigenvalue weighted by Gasteiger charge is -2.15. The van der Waals surface area contributed by atoms with Gasteiger partial charge in [-0.2, -0.15) is 0 Å². The number of hydroxylamine groups is 1. The maximum Gasteiger partial charge on any atom is 0.348 e. The average molecular weight is 715 g/mol. The van der Waals surface area contributed by atoms with Gasteiger partial charge in [0.2, 0.25) is 5.91 Å². The SMILES string of the molecule is CC(=O)Nc1cc(NCCNCCCONC(=O)c2ccc(F)c(F)c2Nc2ccc(C)cc2F)ccc1C(=O)Nc1nc(C)c([N+](=O)[O-])s1. The minimum atomic E-state index is -1.35. The Balaban J connectivity index is 1.21. The van der Waals surface area contributed by atoms with Gasteiger partial charge in [0.25, 0.3) is 11.8 Å². The monoisotopic (exact) mass is 714 g/mol. The number of rotatable bonds is 16. The summed E-state index contributed by atoms with van der Waals surface area (Å²) in [5.74, 6) is -5.14. The van der Waals surface area contributed by atoms with Gasteiger partial charge in [-0.1, -0.05) is 6.07 Å². The van der Waals surface area contributed by atoms with Crippen molar-refractivity contribution in [2.24, 2.45) is 0 Å². The van der Waals surface area contributed by atoms with E-state index >= 15 is 0 Å². The predicted molar refractivity (Wildman–Crippen MR) is 182 cm³/mol. The van der Waals surface area contributed by atoms with E-state index in [0.717, 1.165) is 23.5 Å². The van der Waals surface area contributed by atoms with Crippen LogP contribution in [0.4, 0.5) is 46.1 Å². The fraction of sp³-hybridized carbons (Fsp3) is 0.250. The van der Waals surface area contributed by atoms with E-state index in [1.54, 1.807) is 25.1 Å². The van der Waals surface area contributed by atoms with Crippen LogP contribution in [0.15, 0.2) is 48.5 Å². The van der Waals surface area contributed by atoms with Crippen LogP contribution in [0.5, 0.6) is 0 Å². The van der Waals surface area contributed by atoms with Gasteiger partial charge in [0.1, 0.15) is 11.5 Å². The molecule has 0 fully saturated rings. The van der Waals surface area contributed by atoms with Gasteiger partial charge in [-0.05, 0) is 86.2 Å². The summed E-state index contributed by atoms with van der Waals surface area (Å²) in [7, 11) is 0. The van der Waals surface area contributed by atoms with Crippen LogP contribution < -0.4 is 32.1 Å². The minimum Gasteiger partial charge on any atom is -0.384 e. The van der Waals surface area contributed by atoms with Gasteiger partial charge in [0, 0.05) is 25.7 Å². The third-order valence-electron chi connectivity index (χ3n) is 6.85. The smallest absolute Gasteiger partial charge is 0.348 e. The average Bonchev–Trinajstić information content (AvgIpc) is 3.43. The standard InChI is InChI=1S/C32H33F3N8O6S/c1-17-5-10-25(24(34)15-17)40-28-22(8-9-23(33)27(28)35)30(46)42-49-14-4-11-36-12-13-37-20-6-7-21(26(16-20)39-19(3)44)29(45)41-32-38-18(2)31(50-32)43(47)48/h5-10,15-16,36-37,40H,4,11-14H2,1-3H3,(H,39,44)(H,42,46)(H,38,41,45). The molecule has 0 aliphatic heterocycles. The molecule has 0 saturated carbocycles. The predicted octanol–water partition coefficient (Wildman–Crippen LogP) is 5.79. The molecule has 0 bridgehead atoms. The third kappa shape index (κ3) is 9.97. The number of halogens is 3. The Morgan fingerprint density at radius 3 is 2.36 bits per heavy atom. The van der Waals surface area contributed by atoms with Crippen LogP contribution in [-0.2, 0) is 9.63 Å². The molecule has 50 heavy (non-hydrogen) atoms. The van der Waals surface area contributed by atoms with Crippen molar-refractivity contribution in [3.05, 3.63) is 98.5 Å². The van der Waals surface area contributed by atoms with Crippen LogP contribution >= 0.6 is 11.3 Å². The minimum absolute atomic E-state index is 0.0513. The molecular weight excluding hydrogens is 681 g/mol. The molecule has 0 atom stereocenters. The molecule has 0 saturated heterocycles. The molecule has 1 heterocycles. The van der Waals surface area contributed by atoms with E-state index in [0.29, 0.717) is 37.3 Å². The summed E-state index contributed by atoms with van der Waals surface area (Å²) in [5.41, 5.74) is 2.97. The molecule has 3 amide bonds. The molecule has 1 aromatic heterocycles. The topological polar surface area (TPSA) is 189 Å². The number of nitro groups is 1. The van der Waals surface area contributed by atoms with E-state index < -0.39 is 45.8 Å². The number of aryl methyl sites for hydroxylation is 2. The Bertz CT molecular complexity index is 1910. The second kappa shape index (κ2) is 17.2. The van der Waals surface area contributed by atoms with Crippen molar-refractivity contribution in [2.45, 2.75) is 27.2 Å². The van der Waals surface area contributed by atoms with E-state index in [1.165, 1.54) is 32.0 Å². The van der Waals surface area contributed by atoms with Crippen LogP contribution in [0.1, 0.15) is 45.3 Å². The summed E-state index contributed by atoms with van der Waals surface area (Å²) in [6.07, 6.45) is 0.468. The molecular formula is C32H33F3N8O6S. The number of hydrogen-bond donors (Lipinski definition) is 6. The largest absolute Gasteiger partial charge is 0.384 e. The van der Waals surface area contributed by atoms with Crippen molar-refractivity contribution < 1.29 is 37.3 Å². The summed E-state index contributed by atoms with van der Waals surface area (Å²) in [6, 6.07) is 10.7. The molecule has 18 heteroatoms. The molecule has 0 aliphatic rings. The third-order valence-corrected chi connectivity index (χ3v) is 7.88.